The van der Waals surface area contributed by atoms with Gasteiger partial charge in [-0.2, -0.15) is 0 Å². The topological polar surface area (TPSA) is 76.1 Å². The summed E-state index contributed by atoms with van der Waals surface area (Å²) in [7, 11) is 0. The highest BCUT2D eigenvalue weighted by molar-refractivity contribution is 5.95. The van der Waals surface area contributed by atoms with Crippen LogP contribution in [0.5, 0.6) is 5.75 Å². The second-order valence-corrected chi connectivity index (χ2v) is 6.82. The molecule has 2 fully saturated rings. The van der Waals surface area contributed by atoms with Gasteiger partial charge in [-0.05, 0) is 44.4 Å². The van der Waals surface area contributed by atoms with E-state index in [-0.39, 0.29) is 18.6 Å². The van der Waals surface area contributed by atoms with Gasteiger partial charge >= 0.3 is 5.97 Å². The number of nitrogens with zero attached hydrogens (tertiary/aromatic N) is 1. The molecule has 0 unspecified atom stereocenters. The first-order chi connectivity index (χ1) is 11.5. The molecule has 0 bridgehead atoms. The molecule has 1 aromatic carbocycles. The first-order valence-electron chi connectivity index (χ1n) is 8.35. The number of carbonyl (C=O) groups is 2. The predicted molar refractivity (Wildman–Crippen MR) is 87.2 cm³/mol. The van der Waals surface area contributed by atoms with Gasteiger partial charge in [0.25, 0.3) is 5.91 Å². The van der Waals surface area contributed by atoms with Crippen molar-refractivity contribution in [1.29, 1.82) is 0 Å². The SMILES string of the molecule is C[C@]1(C(=O)O)CCN(C(=O)c2cccc(OC[C@H]3CCCO3)c2)C1. The number of rotatable bonds is 5. The molecule has 6 heteroatoms. The van der Waals surface area contributed by atoms with Crippen molar-refractivity contribution < 1.29 is 24.2 Å². The standard InChI is InChI=1S/C18H23NO5/c1-18(17(21)22)7-8-19(12-18)16(20)13-4-2-5-14(10-13)24-11-15-6-3-9-23-15/h2,4-5,10,15H,3,6-9,11-12H2,1H3,(H,21,22)/t15-,18+/m1/s1. The molecular formula is C18H23NO5. The lowest BCUT2D eigenvalue weighted by atomic mass is 9.90. The Balaban J connectivity index is 1.63. The van der Waals surface area contributed by atoms with Crippen LogP contribution in [0.1, 0.15) is 36.5 Å². The van der Waals surface area contributed by atoms with E-state index in [0.717, 1.165) is 19.4 Å². The Kier molecular flexibility index (Phi) is 4.76. The van der Waals surface area contributed by atoms with E-state index < -0.39 is 11.4 Å². The third kappa shape index (κ3) is 3.53. The van der Waals surface area contributed by atoms with E-state index in [9.17, 15) is 14.7 Å². The number of carboxylic acid groups (broad SMARTS) is 1. The van der Waals surface area contributed by atoms with Crippen LogP contribution in [0.25, 0.3) is 0 Å². The minimum atomic E-state index is -0.858. The molecule has 2 aliphatic heterocycles. The van der Waals surface area contributed by atoms with E-state index in [2.05, 4.69) is 0 Å². The van der Waals surface area contributed by atoms with Gasteiger partial charge in [0, 0.05) is 25.3 Å². The zero-order valence-corrected chi connectivity index (χ0v) is 13.9. The summed E-state index contributed by atoms with van der Waals surface area (Å²) in [4.78, 5) is 25.6. The smallest absolute Gasteiger partial charge is 0.311 e. The Morgan fingerprint density at radius 3 is 2.96 bits per heavy atom. The third-order valence-corrected chi connectivity index (χ3v) is 4.82. The van der Waals surface area contributed by atoms with Crippen LogP contribution in [0.3, 0.4) is 0 Å². The monoisotopic (exact) mass is 333 g/mol. The van der Waals surface area contributed by atoms with Gasteiger partial charge in [-0.15, -0.1) is 0 Å². The lowest BCUT2D eigenvalue weighted by Crippen LogP contribution is -2.34. The van der Waals surface area contributed by atoms with Crippen molar-refractivity contribution in [3.05, 3.63) is 29.8 Å². The average Bonchev–Trinajstić information content (AvgIpc) is 3.23. The van der Waals surface area contributed by atoms with Gasteiger partial charge in [0.2, 0.25) is 0 Å². The summed E-state index contributed by atoms with van der Waals surface area (Å²) < 4.78 is 11.3. The van der Waals surface area contributed by atoms with Crippen molar-refractivity contribution in [3.63, 3.8) is 0 Å². The summed E-state index contributed by atoms with van der Waals surface area (Å²) in [5.74, 6) is -0.370. The van der Waals surface area contributed by atoms with E-state index in [1.165, 1.54) is 0 Å². The molecule has 0 spiro atoms. The highest BCUT2D eigenvalue weighted by Crippen LogP contribution is 2.31. The molecule has 2 saturated heterocycles. The Labute approximate surface area is 141 Å². The minimum absolute atomic E-state index is 0.124. The van der Waals surface area contributed by atoms with Crippen molar-refractivity contribution in [2.24, 2.45) is 5.41 Å². The van der Waals surface area contributed by atoms with Gasteiger partial charge in [-0.3, -0.25) is 9.59 Å². The molecule has 2 atom stereocenters. The highest BCUT2D eigenvalue weighted by Gasteiger charge is 2.42. The Bertz CT molecular complexity index is 626. The molecule has 24 heavy (non-hydrogen) atoms. The normalized spacial score (nSPS) is 26.5. The lowest BCUT2D eigenvalue weighted by Gasteiger charge is -2.20. The Morgan fingerprint density at radius 1 is 1.46 bits per heavy atom. The predicted octanol–water partition coefficient (Wildman–Crippen LogP) is 2.18. The largest absolute Gasteiger partial charge is 0.491 e. The highest BCUT2D eigenvalue weighted by atomic mass is 16.5. The van der Waals surface area contributed by atoms with E-state index in [4.69, 9.17) is 9.47 Å². The fourth-order valence-electron chi connectivity index (χ4n) is 3.18. The number of amides is 1. The van der Waals surface area contributed by atoms with Gasteiger partial charge in [-0.1, -0.05) is 6.07 Å². The van der Waals surface area contributed by atoms with Crippen molar-refractivity contribution in [3.8, 4) is 5.75 Å². The van der Waals surface area contributed by atoms with Crippen LogP contribution in [0.2, 0.25) is 0 Å². The van der Waals surface area contributed by atoms with E-state index in [1.54, 1.807) is 30.0 Å². The summed E-state index contributed by atoms with van der Waals surface area (Å²) in [5.41, 5.74) is -0.335. The maximum Gasteiger partial charge on any atom is 0.311 e. The zero-order valence-electron chi connectivity index (χ0n) is 13.9. The molecule has 0 radical (unpaired) electrons. The average molecular weight is 333 g/mol. The van der Waals surface area contributed by atoms with Crippen molar-refractivity contribution in [2.45, 2.75) is 32.3 Å². The van der Waals surface area contributed by atoms with Crippen molar-refractivity contribution in [2.75, 3.05) is 26.3 Å². The van der Waals surface area contributed by atoms with Crippen molar-refractivity contribution >= 4 is 11.9 Å². The minimum Gasteiger partial charge on any atom is -0.491 e. The lowest BCUT2D eigenvalue weighted by molar-refractivity contribution is -0.147. The first-order valence-corrected chi connectivity index (χ1v) is 8.35. The zero-order chi connectivity index (χ0) is 17.2. The second kappa shape index (κ2) is 6.81. The number of hydrogen-bond donors (Lipinski definition) is 1. The maximum absolute atomic E-state index is 12.6. The molecule has 3 rings (SSSR count). The van der Waals surface area contributed by atoms with E-state index >= 15 is 0 Å². The van der Waals surface area contributed by atoms with Crippen molar-refractivity contribution in [1.82, 2.24) is 4.90 Å². The fraction of sp³-hybridized carbons (Fsp3) is 0.556. The van der Waals surface area contributed by atoms with Crippen LogP contribution >= 0.6 is 0 Å². The van der Waals surface area contributed by atoms with Gasteiger partial charge < -0.3 is 19.5 Å². The molecule has 2 heterocycles. The number of aliphatic carboxylic acids is 1. The molecule has 1 N–H and O–H groups in total. The summed E-state index contributed by atoms with van der Waals surface area (Å²) in [6, 6.07) is 7.05. The summed E-state index contributed by atoms with van der Waals surface area (Å²) >= 11 is 0. The number of hydrogen-bond acceptors (Lipinski definition) is 4. The first kappa shape index (κ1) is 16.8. The Hall–Kier alpha value is -2.08. The van der Waals surface area contributed by atoms with Crippen LogP contribution < -0.4 is 4.74 Å². The summed E-state index contributed by atoms with van der Waals surface area (Å²) in [6.07, 6.45) is 2.66. The number of carbonyl (C=O) groups excluding carboxylic acids is 1. The molecule has 1 amide bonds. The van der Waals surface area contributed by atoms with Crippen LogP contribution in [0.4, 0.5) is 0 Å². The van der Waals surface area contributed by atoms with Gasteiger partial charge in [0.05, 0.1) is 11.5 Å². The van der Waals surface area contributed by atoms with Crippen LogP contribution in [0, 0.1) is 5.41 Å². The quantitative estimate of drug-likeness (QED) is 0.894. The van der Waals surface area contributed by atoms with E-state index in [1.807, 2.05) is 6.07 Å². The summed E-state index contributed by atoms with van der Waals surface area (Å²) in [6.45, 7) is 3.65. The number of likely N-dealkylation sites (tertiary alicyclic amines) is 1. The van der Waals surface area contributed by atoms with Crippen LogP contribution in [0.15, 0.2) is 24.3 Å². The molecule has 6 nitrogen and oxygen atoms in total. The number of benzene rings is 1. The molecular weight excluding hydrogens is 310 g/mol. The molecule has 0 aromatic heterocycles. The molecule has 1 aromatic rings. The molecule has 0 saturated carbocycles. The van der Waals surface area contributed by atoms with Gasteiger partial charge in [-0.25, -0.2) is 0 Å². The molecule has 2 aliphatic rings. The molecule has 0 aliphatic carbocycles. The third-order valence-electron chi connectivity index (χ3n) is 4.82. The number of ether oxygens (including phenoxy) is 2. The van der Waals surface area contributed by atoms with Gasteiger partial charge in [0.1, 0.15) is 12.4 Å². The van der Waals surface area contributed by atoms with E-state index in [0.29, 0.717) is 30.9 Å². The number of carboxylic acids is 1. The summed E-state index contributed by atoms with van der Waals surface area (Å²) in [5, 5.41) is 9.29. The Morgan fingerprint density at radius 2 is 2.29 bits per heavy atom. The maximum atomic E-state index is 12.6. The van der Waals surface area contributed by atoms with Gasteiger partial charge in [0.15, 0.2) is 0 Å². The van der Waals surface area contributed by atoms with Crippen LogP contribution in [-0.4, -0.2) is 54.3 Å². The second-order valence-electron chi connectivity index (χ2n) is 6.82. The fourth-order valence-corrected chi connectivity index (χ4v) is 3.18. The molecule has 130 valence electrons. The van der Waals surface area contributed by atoms with Crippen LogP contribution in [-0.2, 0) is 9.53 Å².